The average Bonchev–Trinajstić information content (AvgIpc) is 2.10. The summed E-state index contributed by atoms with van der Waals surface area (Å²) in [6.45, 7) is 4.00. The van der Waals surface area contributed by atoms with Crippen molar-refractivity contribution in [1.29, 1.82) is 0 Å². The molecule has 0 heterocycles. The fourth-order valence-corrected chi connectivity index (χ4v) is 1.18. The van der Waals surface area contributed by atoms with Gasteiger partial charge in [0, 0.05) is 0 Å². The lowest BCUT2D eigenvalue weighted by molar-refractivity contribution is -0.00405. The molecular weight excluding hydrogens is 142 g/mol. The van der Waals surface area contributed by atoms with Gasteiger partial charge in [-0.25, -0.2) is 5.90 Å². The Kier molecular flexibility index (Phi) is 6.51. The molecule has 3 heteroatoms. The summed E-state index contributed by atoms with van der Waals surface area (Å²) in [6.07, 6.45) is 3.55. The van der Waals surface area contributed by atoms with E-state index in [1.807, 2.05) is 13.8 Å². The van der Waals surface area contributed by atoms with Crippen molar-refractivity contribution < 1.29 is 9.94 Å². The summed E-state index contributed by atoms with van der Waals surface area (Å²) in [7, 11) is 0. The fraction of sp³-hybridized carbons (Fsp3) is 1.00. The van der Waals surface area contributed by atoms with Crippen LogP contribution in [0.2, 0.25) is 0 Å². The molecule has 0 aliphatic heterocycles. The zero-order valence-electron chi connectivity index (χ0n) is 7.42. The molecule has 0 spiro atoms. The number of hydrogen-bond acceptors (Lipinski definition) is 3. The van der Waals surface area contributed by atoms with Crippen molar-refractivity contribution in [1.82, 2.24) is 0 Å². The van der Waals surface area contributed by atoms with Gasteiger partial charge in [-0.05, 0) is 25.7 Å². The van der Waals surface area contributed by atoms with E-state index in [2.05, 4.69) is 4.84 Å². The molecule has 11 heavy (non-hydrogen) atoms. The van der Waals surface area contributed by atoms with E-state index in [0.29, 0.717) is 0 Å². The van der Waals surface area contributed by atoms with Gasteiger partial charge in [0.2, 0.25) is 0 Å². The molecule has 1 aliphatic carbocycles. The van der Waals surface area contributed by atoms with E-state index in [1.54, 1.807) is 0 Å². The summed E-state index contributed by atoms with van der Waals surface area (Å²) in [6, 6.07) is 0. The van der Waals surface area contributed by atoms with Crippen molar-refractivity contribution in [2.24, 2.45) is 5.90 Å². The van der Waals surface area contributed by atoms with Gasteiger partial charge < -0.3 is 9.94 Å². The average molecular weight is 161 g/mol. The van der Waals surface area contributed by atoms with Crippen molar-refractivity contribution in [3.05, 3.63) is 0 Å². The first-order chi connectivity index (χ1) is 5.33. The quantitative estimate of drug-likeness (QED) is 0.568. The molecule has 1 fully saturated rings. The lowest BCUT2D eigenvalue weighted by Crippen LogP contribution is -2.26. The molecule has 0 radical (unpaired) electrons. The Bertz CT molecular complexity index is 80.2. The van der Waals surface area contributed by atoms with Crippen molar-refractivity contribution in [2.75, 3.05) is 0 Å². The Hall–Kier alpha value is -0.120. The standard InChI is InChI=1S/C6H13NO2.C2H6/c7-9-6-3-1-5(8)2-4-6;1-2/h5-6,8H,1-4,7H2;1-2H3. The molecule has 0 aromatic heterocycles. The largest absolute Gasteiger partial charge is 0.393 e. The third-order valence-corrected chi connectivity index (χ3v) is 1.84. The second kappa shape index (κ2) is 6.58. The van der Waals surface area contributed by atoms with E-state index in [0.717, 1.165) is 25.7 Å². The molecule has 0 unspecified atom stereocenters. The Morgan fingerprint density at radius 3 is 2.00 bits per heavy atom. The van der Waals surface area contributed by atoms with E-state index in [-0.39, 0.29) is 12.2 Å². The molecule has 68 valence electrons. The van der Waals surface area contributed by atoms with E-state index in [4.69, 9.17) is 11.0 Å². The maximum absolute atomic E-state index is 9.03. The first kappa shape index (κ1) is 10.9. The summed E-state index contributed by atoms with van der Waals surface area (Å²) in [4.78, 5) is 4.63. The van der Waals surface area contributed by atoms with Gasteiger partial charge in [-0.2, -0.15) is 0 Å². The van der Waals surface area contributed by atoms with Crippen molar-refractivity contribution in [3.63, 3.8) is 0 Å². The highest BCUT2D eigenvalue weighted by atomic mass is 16.6. The van der Waals surface area contributed by atoms with Gasteiger partial charge in [0.15, 0.2) is 0 Å². The SMILES string of the molecule is CC.NOC1CCC(O)CC1. The molecular formula is C8H19NO2. The van der Waals surface area contributed by atoms with E-state index >= 15 is 0 Å². The Morgan fingerprint density at radius 1 is 1.18 bits per heavy atom. The maximum atomic E-state index is 9.03. The van der Waals surface area contributed by atoms with Gasteiger partial charge in [0.1, 0.15) is 0 Å². The van der Waals surface area contributed by atoms with Crippen molar-refractivity contribution in [3.8, 4) is 0 Å². The van der Waals surface area contributed by atoms with Crippen molar-refractivity contribution >= 4 is 0 Å². The van der Waals surface area contributed by atoms with Crippen LogP contribution in [0.1, 0.15) is 39.5 Å². The van der Waals surface area contributed by atoms with Crippen molar-refractivity contribution in [2.45, 2.75) is 51.7 Å². The molecule has 0 atom stereocenters. The van der Waals surface area contributed by atoms with Crippen LogP contribution in [0.5, 0.6) is 0 Å². The van der Waals surface area contributed by atoms with Crippen LogP contribution >= 0.6 is 0 Å². The van der Waals surface area contributed by atoms with Gasteiger partial charge in [-0.15, -0.1) is 0 Å². The van der Waals surface area contributed by atoms with Crippen LogP contribution in [0.15, 0.2) is 0 Å². The van der Waals surface area contributed by atoms with E-state index in [9.17, 15) is 0 Å². The minimum Gasteiger partial charge on any atom is -0.393 e. The molecule has 0 saturated heterocycles. The normalized spacial score (nSPS) is 30.5. The smallest absolute Gasteiger partial charge is 0.0789 e. The van der Waals surface area contributed by atoms with Crippen LogP contribution in [0.4, 0.5) is 0 Å². The number of nitrogens with two attached hydrogens (primary N) is 1. The van der Waals surface area contributed by atoms with Gasteiger partial charge in [-0.1, -0.05) is 13.8 Å². The first-order valence-corrected chi connectivity index (χ1v) is 4.36. The Labute approximate surface area is 68.5 Å². The fourth-order valence-electron chi connectivity index (χ4n) is 1.18. The molecule has 1 aliphatic rings. The van der Waals surface area contributed by atoms with Crippen LogP contribution in [0.25, 0.3) is 0 Å². The van der Waals surface area contributed by atoms with Gasteiger partial charge in [0.05, 0.1) is 12.2 Å². The Balaban J connectivity index is 0.000000461. The molecule has 0 bridgehead atoms. The minimum atomic E-state index is -0.114. The van der Waals surface area contributed by atoms with Crippen LogP contribution in [-0.4, -0.2) is 17.3 Å². The van der Waals surface area contributed by atoms with Crippen LogP contribution in [0.3, 0.4) is 0 Å². The molecule has 0 amide bonds. The number of hydrogen-bond donors (Lipinski definition) is 2. The van der Waals surface area contributed by atoms with E-state index in [1.165, 1.54) is 0 Å². The monoisotopic (exact) mass is 161 g/mol. The zero-order valence-corrected chi connectivity index (χ0v) is 7.42. The summed E-state index contributed by atoms with van der Waals surface area (Å²) < 4.78 is 0. The second-order valence-corrected chi connectivity index (χ2v) is 2.57. The molecule has 1 saturated carbocycles. The first-order valence-electron chi connectivity index (χ1n) is 4.36. The maximum Gasteiger partial charge on any atom is 0.0789 e. The highest BCUT2D eigenvalue weighted by molar-refractivity contribution is 4.70. The van der Waals surface area contributed by atoms with Crippen LogP contribution in [-0.2, 0) is 4.84 Å². The zero-order chi connectivity index (χ0) is 8.69. The lowest BCUT2D eigenvalue weighted by Gasteiger charge is -2.22. The minimum absolute atomic E-state index is 0.114. The molecule has 3 nitrogen and oxygen atoms in total. The Morgan fingerprint density at radius 2 is 1.64 bits per heavy atom. The molecule has 1 rings (SSSR count). The third-order valence-electron chi connectivity index (χ3n) is 1.84. The second-order valence-electron chi connectivity index (χ2n) is 2.57. The van der Waals surface area contributed by atoms with E-state index < -0.39 is 0 Å². The predicted octanol–water partition coefficient (Wildman–Crippen LogP) is 1.21. The molecule has 0 aromatic carbocycles. The highest BCUT2D eigenvalue weighted by Crippen LogP contribution is 2.19. The van der Waals surface area contributed by atoms with Gasteiger partial charge in [0.25, 0.3) is 0 Å². The summed E-state index contributed by atoms with van der Waals surface area (Å²) >= 11 is 0. The number of rotatable bonds is 1. The summed E-state index contributed by atoms with van der Waals surface area (Å²) in [5.74, 6) is 4.97. The van der Waals surface area contributed by atoms with Gasteiger partial charge >= 0.3 is 0 Å². The summed E-state index contributed by atoms with van der Waals surface area (Å²) in [5.41, 5.74) is 0. The topological polar surface area (TPSA) is 55.5 Å². The highest BCUT2D eigenvalue weighted by Gasteiger charge is 2.18. The summed E-state index contributed by atoms with van der Waals surface area (Å²) in [5, 5.41) is 9.03. The lowest BCUT2D eigenvalue weighted by atomic mass is 9.95. The van der Waals surface area contributed by atoms with Crippen LogP contribution in [0, 0.1) is 0 Å². The predicted molar refractivity (Wildman–Crippen MR) is 44.9 cm³/mol. The number of aliphatic hydroxyl groups excluding tert-OH is 1. The number of aliphatic hydroxyl groups is 1. The van der Waals surface area contributed by atoms with Gasteiger partial charge in [-0.3, -0.25) is 0 Å². The van der Waals surface area contributed by atoms with Crippen LogP contribution < -0.4 is 5.90 Å². The molecule has 0 aromatic rings. The molecule has 3 N–H and O–H groups in total. The third kappa shape index (κ3) is 4.35.